The van der Waals surface area contributed by atoms with Gasteiger partial charge in [-0.25, -0.2) is 0 Å². The summed E-state index contributed by atoms with van der Waals surface area (Å²) in [7, 11) is 0. The highest BCUT2D eigenvalue weighted by Gasteiger charge is 2.34. The topological polar surface area (TPSA) is 49.9 Å². The second-order valence-electron chi connectivity index (χ2n) is 7.37. The van der Waals surface area contributed by atoms with Gasteiger partial charge < -0.3 is 14.5 Å². The first-order valence-corrected chi connectivity index (χ1v) is 9.60. The van der Waals surface area contributed by atoms with Gasteiger partial charge in [0.15, 0.2) is 0 Å². The van der Waals surface area contributed by atoms with Gasteiger partial charge in [-0.3, -0.25) is 9.59 Å². The van der Waals surface area contributed by atoms with Gasteiger partial charge in [0, 0.05) is 50.9 Å². The van der Waals surface area contributed by atoms with Crippen molar-refractivity contribution in [1.82, 2.24) is 9.80 Å². The monoisotopic (exact) mass is 398 g/mol. The Morgan fingerprint density at radius 1 is 1.07 bits per heavy atom. The van der Waals surface area contributed by atoms with E-state index < -0.39 is 17.6 Å². The van der Waals surface area contributed by atoms with Gasteiger partial charge in [-0.1, -0.05) is 6.07 Å². The molecule has 2 amide bonds. The van der Waals surface area contributed by atoms with Crippen LogP contribution in [-0.2, 0) is 15.7 Å². The van der Waals surface area contributed by atoms with Crippen molar-refractivity contribution in [3.05, 3.63) is 35.4 Å². The van der Waals surface area contributed by atoms with E-state index in [0.717, 1.165) is 25.0 Å². The Balaban J connectivity index is 1.64. The van der Waals surface area contributed by atoms with Gasteiger partial charge in [0.05, 0.1) is 5.56 Å². The lowest BCUT2D eigenvalue weighted by Crippen LogP contribution is -2.53. The first-order valence-electron chi connectivity index (χ1n) is 9.60. The SMILES string of the molecule is CC(=O)N(C1CCOCC1)C1CCN(C(=O)c2cccc(C(F)(F)F)c2)CC1. The van der Waals surface area contributed by atoms with Crippen LogP contribution >= 0.6 is 0 Å². The molecule has 154 valence electrons. The van der Waals surface area contributed by atoms with E-state index in [1.807, 2.05) is 4.90 Å². The third-order valence-electron chi connectivity index (χ3n) is 5.53. The van der Waals surface area contributed by atoms with Crippen molar-refractivity contribution < 1.29 is 27.5 Å². The van der Waals surface area contributed by atoms with Gasteiger partial charge in [0.1, 0.15) is 0 Å². The first kappa shape index (κ1) is 20.6. The number of alkyl halides is 3. The van der Waals surface area contributed by atoms with Crippen molar-refractivity contribution in [2.45, 2.75) is 50.9 Å². The third-order valence-corrected chi connectivity index (χ3v) is 5.53. The van der Waals surface area contributed by atoms with E-state index in [1.54, 1.807) is 11.8 Å². The smallest absolute Gasteiger partial charge is 0.381 e. The van der Waals surface area contributed by atoms with E-state index in [9.17, 15) is 22.8 Å². The third kappa shape index (κ3) is 4.66. The summed E-state index contributed by atoms with van der Waals surface area (Å²) in [5.41, 5.74) is -0.781. The first-order chi connectivity index (χ1) is 13.3. The van der Waals surface area contributed by atoms with Crippen molar-refractivity contribution in [2.24, 2.45) is 0 Å². The summed E-state index contributed by atoms with van der Waals surface area (Å²) in [4.78, 5) is 28.4. The number of nitrogens with zero attached hydrogens (tertiary/aromatic N) is 2. The van der Waals surface area contributed by atoms with Crippen LogP contribution in [0.5, 0.6) is 0 Å². The normalized spacial score (nSPS) is 19.5. The van der Waals surface area contributed by atoms with Crippen LogP contribution in [0.15, 0.2) is 24.3 Å². The minimum Gasteiger partial charge on any atom is -0.381 e. The van der Waals surface area contributed by atoms with E-state index >= 15 is 0 Å². The summed E-state index contributed by atoms with van der Waals surface area (Å²) < 4.78 is 44.1. The number of ether oxygens (including phenoxy) is 1. The Morgan fingerprint density at radius 3 is 2.25 bits per heavy atom. The van der Waals surface area contributed by atoms with Gasteiger partial charge >= 0.3 is 6.18 Å². The molecule has 0 atom stereocenters. The van der Waals surface area contributed by atoms with Crippen molar-refractivity contribution in [2.75, 3.05) is 26.3 Å². The van der Waals surface area contributed by atoms with Gasteiger partial charge in [-0.2, -0.15) is 13.2 Å². The fourth-order valence-electron chi connectivity index (χ4n) is 4.13. The van der Waals surface area contributed by atoms with Gasteiger partial charge in [-0.05, 0) is 43.9 Å². The zero-order valence-corrected chi connectivity index (χ0v) is 15.9. The van der Waals surface area contributed by atoms with E-state index in [4.69, 9.17) is 4.74 Å². The molecule has 0 unspecified atom stereocenters. The molecule has 0 radical (unpaired) electrons. The highest BCUT2D eigenvalue weighted by molar-refractivity contribution is 5.94. The van der Waals surface area contributed by atoms with Crippen LogP contribution < -0.4 is 0 Å². The Bertz CT molecular complexity index is 709. The number of piperidine rings is 1. The lowest BCUT2D eigenvalue weighted by Gasteiger charge is -2.43. The number of hydrogen-bond donors (Lipinski definition) is 0. The number of amides is 2. The Hall–Kier alpha value is -2.09. The van der Waals surface area contributed by atoms with E-state index in [2.05, 4.69) is 0 Å². The van der Waals surface area contributed by atoms with Crippen molar-refractivity contribution in [3.63, 3.8) is 0 Å². The summed E-state index contributed by atoms with van der Waals surface area (Å²) in [5.74, 6) is -0.375. The summed E-state index contributed by atoms with van der Waals surface area (Å²) in [6.07, 6.45) is -1.61. The van der Waals surface area contributed by atoms with E-state index in [0.29, 0.717) is 39.1 Å². The average Bonchev–Trinajstić information content (AvgIpc) is 2.68. The molecule has 0 spiro atoms. The standard InChI is InChI=1S/C20H25F3N2O3/c1-14(26)25(18-7-11-28-12-8-18)17-5-9-24(10-6-17)19(27)15-3-2-4-16(13-15)20(21,22)23/h2-4,13,17-18H,5-12H2,1H3. The molecule has 8 heteroatoms. The van der Waals surface area contributed by atoms with Gasteiger partial charge in [0.2, 0.25) is 5.91 Å². The summed E-state index contributed by atoms with van der Waals surface area (Å²) in [5, 5.41) is 0. The predicted octanol–water partition coefficient (Wildman–Crippen LogP) is 3.34. The fourth-order valence-corrected chi connectivity index (χ4v) is 4.13. The molecule has 2 aliphatic heterocycles. The lowest BCUT2D eigenvalue weighted by atomic mass is 9.97. The summed E-state index contributed by atoms with van der Waals surface area (Å²) in [6, 6.07) is 4.73. The molecule has 5 nitrogen and oxygen atoms in total. The minimum absolute atomic E-state index is 0.0227. The van der Waals surface area contributed by atoms with Crippen LogP contribution in [0.4, 0.5) is 13.2 Å². The van der Waals surface area contributed by atoms with Crippen LogP contribution in [0.3, 0.4) is 0 Å². The molecule has 0 N–H and O–H groups in total. The quantitative estimate of drug-likeness (QED) is 0.785. The number of rotatable bonds is 3. The molecule has 2 aliphatic rings. The predicted molar refractivity (Wildman–Crippen MR) is 96.7 cm³/mol. The number of likely N-dealkylation sites (tertiary alicyclic amines) is 1. The van der Waals surface area contributed by atoms with E-state index in [-0.39, 0.29) is 23.6 Å². The maximum Gasteiger partial charge on any atom is 0.416 e. The number of benzene rings is 1. The molecule has 28 heavy (non-hydrogen) atoms. The Labute approximate surface area is 162 Å². The second kappa shape index (κ2) is 8.51. The molecular weight excluding hydrogens is 373 g/mol. The van der Waals surface area contributed by atoms with Crippen LogP contribution in [0.1, 0.15) is 48.5 Å². The zero-order chi connectivity index (χ0) is 20.3. The molecule has 2 heterocycles. The van der Waals surface area contributed by atoms with Gasteiger partial charge in [0.25, 0.3) is 5.91 Å². The highest BCUT2D eigenvalue weighted by atomic mass is 19.4. The number of halogens is 3. The number of carbonyl (C=O) groups is 2. The summed E-state index contributed by atoms with van der Waals surface area (Å²) >= 11 is 0. The number of carbonyl (C=O) groups excluding carboxylic acids is 2. The van der Waals surface area contributed by atoms with E-state index in [1.165, 1.54) is 12.1 Å². The van der Waals surface area contributed by atoms with Crippen LogP contribution in [0.2, 0.25) is 0 Å². The molecule has 0 bridgehead atoms. The highest BCUT2D eigenvalue weighted by Crippen LogP contribution is 2.30. The van der Waals surface area contributed by atoms with Crippen molar-refractivity contribution in [3.8, 4) is 0 Å². The van der Waals surface area contributed by atoms with Crippen LogP contribution in [0, 0.1) is 0 Å². The maximum absolute atomic E-state index is 12.9. The average molecular weight is 398 g/mol. The molecule has 0 saturated carbocycles. The van der Waals surface area contributed by atoms with Crippen molar-refractivity contribution >= 4 is 11.8 Å². The molecule has 3 rings (SSSR count). The molecule has 1 aromatic carbocycles. The summed E-state index contributed by atoms with van der Waals surface area (Å²) in [6.45, 7) is 3.69. The zero-order valence-electron chi connectivity index (χ0n) is 15.9. The van der Waals surface area contributed by atoms with Crippen LogP contribution in [-0.4, -0.2) is 60.0 Å². The maximum atomic E-state index is 12.9. The molecule has 1 aromatic rings. The minimum atomic E-state index is -4.48. The molecule has 0 aliphatic carbocycles. The molecule has 0 aromatic heterocycles. The van der Waals surface area contributed by atoms with Crippen LogP contribution in [0.25, 0.3) is 0 Å². The van der Waals surface area contributed by atoms with Crippen molar-refractivity contribution in [1.29, 1.82) is 0 Å². The fraction of sp³-hybridized carbons (Fsp3) is 0.600. The lowest BCUT2D eigenvalue weighted by molar-refractivity contribution is -0.138. The second-order valence-corrected chi connectivity index (χ2v) is 7.37. The number of hydrogen-bond acceptors (Lipinski definition) is 3. The molecule has 2 saturated heterocycles. The molecule has 2 fully saturated rings. The van der Waals surface area contributed by atoms with Gasteiger partial charge in [-0.15, -0.1) is 0 Å². The largest absolute Gasteiger partial charge is 0.416 e. The Morgan fingerprint density at radius 2 is 1.68 bits per heavy atom. The Kier molecular flexibility index (Phi) is 6.27. The molecular formula is C20H25F3N2O3.